The molecule has 5 rings (SSSR count). The predicted molar refractivity (Wildman–Crippen MR) is 139 cm³/mol. The van der Waals surface area contributed by atoms with E-state index >= 15 is 0 Å². The minimum atomic E-state index is -0.451. The van der Waals surface area contributed by atoms with Crippen LogP contribution < -0.4 is 16.1 Å². The first-order valence-electron chi connectivity index (χ1n) is 12.1. The van der Waals surface area contributed by atoms with E-state index in [0.717, 1.165) is 49.8 Å². The first-order valence-corrected chi connectivity index (χ1v) is 12.1. The van der Waals surface area contributed by atoms with Gasteiger partial charge in [0, 0.05) is 39.8 Å². The van der Waals surface area contributed by atoms with Gasteiger partial charge in [-0.25, -0.2) is 4.79 Å². The van der Waals surface area contributed by atoms with Gasteiger partial charge in [-0.1, -0.05) is 53.6 Å². The molecule has 1 aliphatic heterocycles. The zero-order chi connectivity index (χ0) is 24.7. The number of piperazine rings is 1. The molecule has 1 aliphatic rings. The van der Waals surface area contributed by atoms with Crippen LogP contribution in [0.15, 0.2) is 52.1 Å². The summed E-state index contributed by atoms with van der Waals surface area (Å²) in [6.07, 6.45) is 0. The summed E-state index contributed by atoms with van der Waals surface area (Å²) in [5.41, 5.74) is 6.07. The second-order valence-electron chi connectivity index (χ2n) is 9.67. The molecule has 0 saturated carbocycles. The van der Waals surface area contributed by atoms with Crippen LogP contribution in [0.1, 0.15) is 27.8 Å². The molecule has 0 aliphatic carbocycles. The summed E-state index contributed by atoms with van der Waals surface area (Å²) >= 11 is 0. The molecule has 0 unspecified atom stereocenters. The number of H-pyrrole nitrogens is 1. The number of aromatic nitrogens is 4. The highest BCUT2D eigenvalue weighted by Gasteiger charge is 2.25. The zero-order valence-corrected chi connectivity index (χ0v) is 20.8. The van der Waals surface area contributed by atoms with Gasteiger partial charge in [0.1, 0.15) is 0 Å². The molecule has 1 saturated heterocycles. The molecule has 3 heterocycles. The van der Waals surface area contributed by atoms with Crippen LogP contribution >= 0.6 is 0 Å². The summed E-state index contributed by atoms with van der Waals surface area (Å²) in [4.78, 5) is 37.2. The van der Waals surface area contributed by atoms with Crippen molar-refractivity contribution < 1.29 is 0 Å². The Labute approximate surface area is 204 Å². The Kier molecular flexibility index (Phi) is 6.06. The van der Waals surface area contributed by atoms with E-state index in [1.165, 1.54) is 21.3 Å². The molecule has 8 heteroatoms. The van der Waals surface area contributed by atoms with Crippen LogP contribution in [0.3, 0.4) is 0 Å². The highest BCUT2D eigenvalue weighted by molar-refractivity contribution is 5.74. The second kappa shape index (κ2) is 9.19. The number of rotatable bonds is 5. The van der Waals surface area contributed by atoms with Crippen LogP contribution in [0.25, 0.3) is 11.2 Å². The number of aryl methyl sites for hydroxylation is 4. The SMILES string of the molecule is Cc1cccc(CN2CCN(c3nc4c(c(=O)[nH]c(=O)n4C)n3Cc3cc(C)ccc3C)CC2)c1. The van der Waals surface area contributed by atoms with Crippen LogP contribution in [0.2, 0.25) is 0 Å². The highest BCUT2D eigenvalue weighted by atomic mass is 16.2. The van der Waals surface area contributed by atoms with Gasteiger partial charge in [-0.3, -0.25) is 23.8 Å². The molecule has 182 valence electrons. The molecule has 0 radical (unpaired) electrons. The Bertz CT molecular complexity index is 1500. The van der Waals surface area contributed by atoms with Crippen molar-refractivity contribution in [1.29, 1.82) is 0 Å². The smallest absolute Gasteiger partial charge is 0.329 e. The normalized spacial score (nSPS) is 14.7. The zero-order valence-electron chi connectivity index (χ0n) is 20.8. The van der Waals surface area contributed by atoms with E-state index in [4.69, 9.17) is 4.98 Å². The molecule has 1 N–H and O–H groups in total. The lowest BCUT2D eigenvalue weighted by molar-refractivity contribution is 0.248. The third-order valence-electron chi connectivity index (χ3n) is 6.96. The third-order valence-corrected chi connectivity index (χ3v) is 6.96. The summed E-state index contributed by atoms with van der Waals surface area (Å²) < 4.78 is 3.40. The fourth-order valence-corrected chi connectivity index (χ4v) is 4.93. The largest absolute Gasteiger partial charge is 0.340 e. The molecule has 1 fully saturated rings. The van der Waals surface area contributed by atoms with E-state index in [9.17, 15) is 9.59 Å². The van der Waals surface area contributed by atoms with E-state index in [1.54, 1.807) is 7.05 Å². The van der Waals surface area contributed by atoms with E-state index in [0.29, 0.717) is 17.7 Å². The minimum absolute atomic E-state index is 0.398. The van der Waals surface area contributed by atoms with E-state index in [1.807, 2.05) is 4.57 Å². The van der Waals surface area contributed by atoms with Crippen LogP contribution in [0.4, 0.5) is 5.95 Å². The van der Waals surface area contributed by atoms with Gasteiger partial charge in [0.25, 0.3) is 5.56 Å². The molecule has 0 atom stereocenters. The Morgan fingerprint density at radius 3 is 2.40 bits per heavy atom. The lowest BCUT2D eigenvalue weighted by atomic mass is 10.1. The van der Waals surface area contributed by atoms with E-state index < -0.39 is 11.2 Å². The standard InChI is InChI=1S/C27H32N6O2/c1-18-6-5-7-21(14-18)16-31-10-12-32(13-11-31)26-28-24-23(25(34)29-27(35)30(24)4)33(26)17-22-15-19(2)8-9-20(22)3/h5-9,14-15H,10-13,16-17H2,1-4H3,(H,29,34,35). The molecule has 0 spiro atoms. The lowest BCUT2D eigenvalue weighted by Gasteiger charge is -2.35. The van der Waals surface area contributed by atoms with Gasteiger partial charge in [0.05, 0.1) is 6.54 Å². The van der Waals surface area contributed by atoms with Gasteiger partial charge in [0.15, 0.2) is 11.2 Å². The Morgan fingerprint density at radius 1 is 0.914 bits per heavy atom. The maximum Gasteiger partial charge on any atom is 0.329 e. The first kappa shape index (κ1) is 23.1. The summed E-state index contributed by atoms with van der Waals surface area (Å²) in [5.74, 6) is 0.739. The molecule has 2 aromatic carbocycles. The highest BCUT2D eigenvalue weighted by Crippen LogP contribution is 2.24. The number of fused-ring (bicyclic) bond motifs is 1. The predicted octanol–water partition coefficient (Wildman–Crippen LogP) is 2.72. The van der Waals surface area contributed by atoms with Crippen LogP contribution in [0, 0.1) is 20.8 Å². The fourth-order valence-electron chi connectivity index (χ4n) is 4.93. The maximum absolute atomic E-state index is 12.9. The number of benzene rings is 2. The molecular weight excluding hydrogens is 440 g/mol. The summed E-state index contributed by atoms with van der Waals surface area (Å²) in [6, 6.07) is 15.0. The van der Waals surface area contributed by atoms with Crippen LogP contribution in [0.5, 0.6) is 0 Å². The quantitative estimate of drug-likeness (QED) is 0.483. The maximum atomic E-state index is 12.9. The monoisotopic (exact) mass is 472 g/mol. The summed E-state index contributed by atoms with van der Waals surface area (Å²) in [5, 5.41) is 0. The van der Waals surface area contributed by atoms with E-state index in [-0.39, 0.29) is 0 Å². The minimum Gasteiger partial charge on any atom is -0.340 e. The number of anilines is 1. The Hall–Kier alpha value is -3.65. The molecule has 35 heavy (non-hydrogen) atoms. The average Bonchev–Trinajstić information content (AvgIpc) is 3.20. The molecule has 0 bridgehead atoms. The molecule has 2 aromatic heterocycles. The van der Waals surface area contributed by atoms with E-state index in [2.05, 4.69) is 78.0 Å². The van der Waals surface area contributed by atoms with Gasteiger partial charge in [-0.15, -0.1) is 0 Å². The van der Waals surface area contributed by atoms with Crippen molar-refractivity contribution in [2.45, 2.75) is 33.9 Å². The summed E-state index contributed by atoms with van der Waals surface area (Å²) in [7, 11) is 1.65. The number of nitrogens with zero attached hydrogens (tertiary/aromatic N) is 5. The van der Waals surface area contributed by atoms with Crippen molar-refractivity contribution in [1.82, 2.24) is 24.0 Å². The average molecular weight is 473 g/mol. The second-order valence-corrected chi connectivity index (χ2v) is 9.67. The molecular formula is C27H32N6O2. The van der Waals surface area contributed by atoms with Gasteiger partial charge < -0.3 is 4.90 Å². The number of nitrogens with one attached hydrogen (secondary N) is 1. The van der Waals surface area contributed by atoms with Gasteiger partial charge >= 0.3 is 5.69 Å². The first-order chi connectivity index (χ1) is 16.8. The van der Waals surface area contributed by atoms with Gasteiger partial charge in [-0.05, 0) is 37.5 Å². The topological polar surface area (TPSA) is 79.2 Å². The number of aromatic amines is 1. The van der Waals surface area contributed by atoms with Gasteiger partial charge in [0.2, 0.25) is 5.95 Å². The number of hydrogen-bond donors (Lipinski definition) is 1. The number of hydrogen-bond acceptors (Lipinski definition) is 5. The molecule has 8 nitrogen and oxygen atoms in total. The van der Waals surface area contributed by atoms with Crippen molar-refractivity contribution >= 4 is 17.1 Å². The van der Waals surface area contributed by atoms with Gasteiger partial charge in [-0.2, -0.15) is 4.98 Å². The van der Waals surface area contributed by atoms with Crippen molar-refractivity contribution in [3.63, 3.8) is 0 Å². The molecule has 0 amide bonds. The van der Waals surface area contributed by atoms with Crippen molar-refractivity contribution in [3.05, 3.63) is 91.1 Å². The van der Waals surface area contributed by atoms with Crippen molar-refractivity contribution in [3.8, 4) is 0 Å². The van der Waals surface area contributed by atoms with Crippen LogP contribution in [-0.4, -0.2) is 50.2 Å². The van der Waals surface area contributed by atoms with Crippen LogP contribution in [-0.2, 0) is 20.1 Å². The summed E-state index contributed by atoms with van der Waals surface area (Å²) in [6.45, 7) is 11.1. The molecule has 4 aromatic rings. The fraction of sp³-hybridized carbons (Fsp3) is 0.370. The Morgan fingerprint density at radius 2 is 1.66 bits per heavy atom. The number of imidazole rings is 1. The lowest BCUT2D eigenvalue weighted by Crippen LogP contribution is -2.47. The van der Waals surface area contributed by atoms with Crippen molar-refractivity contribution in [2.75, 3.05) is 31.1 Å². The Balaban J connectivity index is 1.49. The van der Waals surface area contributed by atoms with Crippen molar-refractivity contribution in [2.24, 2.45) is 7.05 Å². The third kappa shape index (κ3) is 4.53.